The monoisotopic (exact) mass is 286 g/mol. The first kappa shape index (κ1) is 19.3. The fourth-order valence-corrected chi connectivity index (χ4v) is 1.94. The molecule has 0 aliphatic rings. The summed E-state index contributed by atoms with van der Waals surface area (Å²) in [6.07, 6.45) is 2.79. The molecule has 0 saturated carbocycles. The van der Waals surface area contributed by atoms with Crippen LogP contribution in [0.5, 0.6) is 0 Å². The Morgan fingerprint density at radius 2 is 1.65 bits per heavy atom. The summed E-state index contributed by atoms with van der Waals surface area (Å²) in [5.41, 5.74) is -0.433. The number of methoxy groups -OCH3 is 1. The molecule has 5 heteroatoms. The molecule has 0 radical (unpaired) electrons. The van der Waals surface area contributed by atoms with Crippen LogP contribution in [0.25, 0.3) is 0 Å². The first-order chi connectivity index (χ1) is 9.54. The molecule has 0 spiro atoms. The van der Waals surface area contributed by atoms with Crippen LogP contribution in [-0.4, -0.2) is 51.7 Å². The quantitative estimate of drug-likeness (QED) is 0.525. The number of nitriles is 1. The summed E-state index contributed by atoms with van der Waals surface area (Å²) < 4.78 is 15.6. The average Bonchev–Trinajstić information content (AvgIpc) is 2.40. The Hall–Kier alpha value is -0.670. The predicted octanol–water partition coefficient (Wildman–Crippen LogP) is 2.12. The maximum absolute atomic E-state index is 9.21. The molecule has 0 aliphatic carbocycles. The van der Waals surface area contributed by atoms with Gasteiger partial charge in [-0.2, -0.15) is 5.26 Å². The van der Waals surface area contributed by atoms with Gasteiger partial charge in [-0.25, -0.2) is 0 Å². The minimum atomic E-state index is -0.433. The van der Waals surface area contributed by atoms with E-state index < -0.39 is 5.54 Å². The Morgan fingerprint density at radius 1 is 1.05 bits per heavy atom. The van der Waals surface area contributed by atoms with Gasteiger partial charge in [0, 0.05) is 19.8 Å². The van der Waals surface area contributed by atoms with Gasteiger partial charge in [-0.1, -0.05) is 0 Å². The van der Waals surface area contributed by atoms with Crippen molar-refractivity contribution >= 4 is 0 Å². The van der Waals surface area contributed by atoms with Crippen LogP contribution < -0.4 is 5.32 Å². The number of nitrogens with one attached hydrogen (secondary N) is 1. The Labute approximate surface area is 123 Å². The second-order valence-corrected chi connectivity index (χ2v) is 5.42. The maximum atomic E-state index is 9.21. The molecule has 118 valence electrons. The molecule has 0 aromatic heterocycles. The fourth-order valence-electron chi connectivity index (χ4n) is 1.94. The van der Waals surface area contributed by atoms with Crippen molar-refractivity contribution in [1.82, 2.24) is 5.32 Å². The zero-order chi connectivity index (χ0) is 15.3. The summed E-state index contributed by atoms with van der Waals surface area (Å²) in [4.78, 5) is 0. The molecule has 1 N–H and O–H groups in total. The number of unbranched alkanes of at least 4 members (excludes halogenated alkanes) is 1. The lowest BCUT2D eigenvalue weighted by molar-refractivity contribution is 0.0238. The van der Waals surface area contributed by atoms with Gasteiger partial charge >= 0.3 is 0 Å². The van der Waals surface area contributed by atoms with Crippen LogP contribution in [0.1, 0.15) is 40.0 Å². The van der Waals surface area contributed by atoms with Gasteiger partial charge in [-0.15, -0.1) is 0 Å². The molecule has 1 unspecified atom stereocenters. The maximum Gasteiger partial charge on any atom is 0.104 e. The van der Waals surface area contributed by atoms with Crippen molar-refractivity contribution < 1.29 is 14.2 Å². The van der Waals surface area contributed by atoms with Crippen LogP contribution in [0.15, 0.2) is 0 Å². The first-order valence-electron chi connectivity index (χ1n) is 7.37. The highest BCUT2D eigenvalue weighted by Crippen LogP contribution is 2.13. The molecule has 1 atom stereocenters. The highest BCUT2D eigenvalue weighted by molar-refractivity contribution is 5.04. The smallest absolute Gasteiger partial charge is 0.104 e. The Morgan fingerprint density at radius 3 is 2.20 bits per heavy atom. The lowest BCUT2D eigenvalue weighted by Crippen LogP contribution is -2.44. The van der Waals surface area contributed by atoms with Crippen LogP contribution in [-0.2, 0) is 14.2 Å². The van der Waals surface area contributed by atoms with Gasteiger partial charge in [-0.3, -0.25) is 5.32 Å². The standard InChI is InChI=1S/C15H30N2O3/c1-14(2)17-15(3,13-16)7-5-6-8-19-11-12-20-10-9-18-4/h14,17H,5-12H2,1-4H3. The van der Waals surface area contributed by atoms with E-state index in [9.17, 15) is 5.26 Å². The summed E-state index contributed by atoms with van der Waals surface area (Å²) in [5, 5.41) is 12.5. The molecule has 0 saturated heterocycles. The first-order valence-corrected chi connectivity index (χ1v) is 7.37. The van der Waals surface area contributed by atoms with Crippen LogP contribution >= 0.6 is 0 Å². The molecule has 0 amide bonds. The van der Waals surface area contributed by atoms with Crippen molar-refractivity contribution in [3.8, 4) is 6.07 Å². The molecule has 0 aliphatic heterocycles. The van der Waals surface area contributed by atoms with Crippen LogP contribution in [0.3, 0.4) is 0 Å². The molecule has 0 bridgehead atoms. The van der Waals surface area contributed by atoms with E-state index in [1.165, 1.54) is 0 Å². The zero-order valence-electron chi connectivity index (χ0n) is 13.4. The van der Waals surface area contributed by atoms with Gasteiger partial charge in [-0.05, 0) is 40.0 Å². The highest BCUT2D eigenvalue weighted by Gasteiger charge is 2.23. The highest BCUT2D eigenvalue weighted by atomic mass is 16.5. The molecule has 0 heterocycles. The molecule has 0 rings (SSSR count). The third kappa shape index (κ3) is 11.2. The molecule has 0 fully saturated rings. The van der Waals surface area contributed by atoms with Gasteiger partial charge < -0.3 is 14.2 Å². The topological polar surface area (TPSA) is 63.5 Å². The number of ether oxygens (including phenoxy) is 3. The average molecular weight is 286 g/mol. The van der Waals surface area contributed by atoms with Crippen molar-refractivity contribution in [2.45, 2.75) is 51.6 Å². The molecular formula is C15H30N2O3. The van der Waals surface area contributed by atoms with Crippen molar-refractivity contribution in [2.24, 2.45) is 0 Å². The van der Waals surface area contributed by atoms with E-state index in [2.05, 4.69) is 25.2 Å². The van der Waals surface area contributed by atoms with Gasteiger partial charge in [0.25, 0.3) is 0 Å². The summed E-state index contributed by atoms with van der Waals surface area (Å²) in [6.45, 7) is 9.24. The summed E-state index contributed by atoms with van der Waals surface area (Å²) in [6, 6.07) is 2.68. The number of rotatable bonds is 13. The normalized spacial score (nSPS) is 14.2. The van der Waals surface area contributed by atoms with E-state index in [-0.39, 0.29) is 0 Å². The summed E-state index contributed by atoms with van der Waals surface area (Å²) in [7, 11) is 1.66. The van der Waals surface area contributed by atoms with E-state index in [0.717, 1.165) is 25.9 Å². The van der Waals surface area contributed by atoms with Gasteiger partial charge in [0.2, 0.25) is 0 Å². The van der Waals surface area contributed by atoms with Crippen molar-refractivity contribution in [3.63, 3.8) is 0 Å². The summed E-state index contributed by atoms with van der Waals surface area (Å²) >= 11 is 0. The van der Waals surface area contributed by atoms with Crippen molar-refractivity contribution in [2.75, 3.05) is 40.1 Å². The lowest BCUT2D eigenvalue weighted by Gasteiger charge is -2.25. The zero-order valence-corrected chi connectivity index (χ0v) is 13.4. The second-order valence-electron chi connectivity index (χ2n) is 5.42. The number of nitrogens with zero attached hydrogens (tertiary/aromatic N) is 1. The van der Waals surface area contributed by atoms with E-state index in [4.69, 9.17) is 14.2 Å². The SMILES string of the molecule is COCCOCCOCCCCC(C)(C#N)NC(C)C. The van der Waals surface area contributed by atoms with Gasteiger partial charge in [0.1, 0.15) is 5.54 Å². The summed E-state index contributed by atoms with van der Waals surface area (Å²) in [5.74, 6) is 0. The molecule has 20 heavy (non-hydrogen) atoms. The van der Waals surface area contributed by atoms with Crippen LogP contribution in [0, 0.1) is 11.3 Å². The van der Waals surface area contributed by atoms with Crippen molar-refractivity contribution in [3.05, 3.63) is 0 Å². The van der Waals surface area contributed by atoms with E-state index in [1.807, 2.05) is 6.92 Å². The van der Waals surface area contributed by atoms with Gasteiger partial charge in [0.15, 0.2) is 0 Å². The van der Waals surface area contributed by atoms with E-state index >= 15 is 0 Å². The lowest BCUT2D eigenvalue weighted by atomic mass is 9.96. The van der Waals surface area contributed by atoms with Crippen molar-refractivity contribution in [1.29, 1.82) is 5.26 Å². The Bertz CT molecular complexity index is 266. The number of hydrogen-bond acceptors (Lipinski definition) is 5. The third-order valence-electron chi connectivity index (χ3n) is 2.87. The van der Waals surface area contributed by atoms with E-state index in [0.29, 0.717) is 32.5 Å². The second kappa shape index (κ2) is 12.1. The van der Waals surface area contributed by atoms with Crippen LogP contribution in [0.4, 0.5) is 0 Å². The molecule has 0 aromatic carbocycles. The minimum absolute atomic E-state index is 0.320. The van der Waals surface area contributed by atoms with Crippen LogP contribution in [0.2, 0.25) is 0 Å². The third-order valence-corrected chi connectivity index (χ3v) is 2.87. The number of hydrogen-bond donors (Lipinski definition) is 1. The predicted molar refractivity (Wildman–Crippen MR) is 79.7 cm³/mol. The Balaban J connectivity index is 3.45. The largest absolute Gasteiger partial charge is 0.382 e. The van der Waals surface area contributed by atoms with Gasteiger partial charge in [0.05, 0.1) is 32.5 Å². The molecule has 0 aromatic rings. The molecule has 5 nitrogen and oxygen atoms in total. The fraction of sp³-hybridized carbons (Fsp3) is 0.933. The Kier molecular flexibility index (Phi) is 11.7. The van der Waals surface area contributed by atoms with E-state index in [1.54, 1.807) is 7.11 Å². The minimum Gasteiger partial charge on any atom is -0.382 e. The molecular weight excluding hydrogens is 256 g/mol.